The lowest BCUT2D eigenvalue weighted by Crippen LogP contribution is -2.32. The van der Waals surface area contributed by atoms with E-state index in [9.17, 15) is 19.7 Å². The molecule has 0 saturated carbocycles. The summed E-state index contributed by atoms with van der Waals surface area (Å²) >= 11 is 0. The number of nitrogens with two attached hydrogens (primary N) is 1. The highest BCUT2D eigenvalue weighted by Crippen LogP contribution is 2.21. The van der Waals surface area contributed by atoms with Gasteiger partial charge in [-0.3, -0.25) is 19.7 Å². The van der Waals surface area contributed by atoms with Crippen molar-refractivity contribution >= 4 is 17.5 Å². The number of nitrogens with zero attached hydrogens (tertiary/aromatic N) is 1. The van der Waals surface area contributed by atoms with Crippen molar-refractivity contribution in [2.24, 2.45) is 5.73 Å². The van der Waals surface area contributed by atoms with Crippen LogP contribution in [0.4, 0.5) is 5.69 Å². The molecule has 0 unspecified atom stereocenters. The summed E-state index contributed by atoms with van der Waals surface area (Å²) in [5.74, 6) is -1.57. The van der Waals surface area contributed by atoms with E-state index in [-0.39, 0.29) is 17.2 Å². The van der Waals surface area contributed by atoms with E-state index in [1.807, 2.05) is 0 Å². The number of rotatable bonds is 4. The van der Waals surface area contributed by atoms with Crippen LogP contribution in [0.3, 0.4) is 0 Å². The van der Waals surface area contributed by atoms with Crippen LogP contribution >= 0.6 is 0 Å². The largest absolute Gasteiger partial charge is 0.365 e. The highest BCUT2D eigenvalue weighted by Gasteiger charge is 2.25. The molecule has 3 N–H and O–H groups in total. The standard InChI is InChI=1S/C11H13N3O4/c1-6(2)13-11(16)7-4-3-5-8(14(17)18)9(7)10(12)15/h3-6H,1-2H3,(H2,12,15)(H,13,16). The monoisotopic (exact) mass is 251 g/mol. The Balaban J connectivity index is 3.36. The number of amides is 2. The van der Waals surface area contributed by atoms with Crippen LogP contribution in [0, 0.1) is 10.1 Å². The second-order valence-electron chi connectivity index (χ2n) is 3.95. The van der Waals surface area contributed by atoms with Crippen molar-refractivity contribution in [2.75, 3.05) is 0 Å². The minimum Gasteiger partial charge on any atom is -0.365 e. The molecule has 18 heavy (non-hydrogen) atoms. The molecule has 0 aliphatic carbocycles. The van der Waals surface area contributed by atoms with Gasteiger partial charge in [0.1, 0.15) is 5.56 Å². The summed E-state index contributed by atoms with van der Waals surface area (Å²) in [5.41, 5.74) is 4.16. The van der Waals surface area contributed by atoms with E-state index >= 15 is 0 Å². The predicted octanol–water partition coefficient (Wildman–Crippen LogP) is 0.832. The van der Waals surface area contributed by atoms with Crippen LogP contribution < -0.4 is 11.1 Å². The maximum absolute atomic E-state index is 11.8. The molecule has 2 amide bonds. The molecule has 0 fully saturated rings. The van der Waals surface area contributed by atoms with Crippen LogP contribution in [0.5, 0.6) is 0 Å². The fraction of sp³-hybridized carbons (Fsp3) is 0.273. The third kappa shape index (κ3) is 2.82. The van der Waals surface area contributed by atoms with E-state index in [0.717, 1.165) is 6.07 Å². The molecule has 0 radical (unpaired) electrons. The molecular weight excluding hydrogens is 238 g/mol. The average Bonchev–Trinajstić information content (AvgIpc) is 2.26. The summed E-state index contributed by atoms with van der Waals surface area (Å²) in [6.07, 6.45) is 0. The van der Waals surface area contributed by atoms with Gasteiger partial charge >= 0.3 is 0 Å². The second-order valence-corrected chi connectivity index (χ2v) is 3.95. The summed E-state index contributed by atoms with van der Waals surface area (Å²) < 4.78 is 0. The van der Waals surface area contributed by atoms with Crippen molar-refractivity contribution in [1.29, 1.82) is 0 Å². The highest BCUT2D eigenvalue weighted by atomic mass is 16.6. The number of hydrogen-bond acceptors (Lipinski definition) is 4. The first-order chi connectivity index (χ1) is 8.34. The Morgan fingerprint density at radius 3 is 2.44 bits per heavy atom. The number of benzene rings is 1. The van der Waals surface area contributed by atoms with Gasteiger partial charge in [-0.05, 0) is 19.9 Å². The van der Waals surface area contributed by atoms with Gasteiger partial charge in [-0.1, -0.05) is 6.07 Å². The Hall–Kier alpha value is -2.44. The van der Waals surface area contributed by atoms with E-state index in [4.69, 9.17) is 5.73 Å². The first kappa shape index (κ1) is 13.6. The highest BCUT2D eigenvalue weighted by molar-refractivity contribution is 6.09. The van der Waals surface area contributed by atoms with Gasteiger partial charge in [0.2, 0.25) is 0 Å². The normalized spacial score (nSPS) is 10.2. The lowest BCUT2D eigenvalue weighted by Gasteiger charge is -2.10. The molecule has 0 aliphatic heterocycles. The van der Waals surface area contributed by atoms with E-state index in [0.29, 0.717) is 0 Å². The molecule has 0 heterocycles. The van der Waals surface area contributed by atoms with Gasteiger partial charge in [-0.15, -0.1) is 0 Å². The second kappa shape index (κ2) is 5.26. The zero-order chi connectivity index (χ0) is 13.9. The maximum atomic E-state index is 11.8. The molecule has 7 nitrogen and oxygen atoms in total. The van der Waals surface area contributed by atoms with Crippen LogP contribution in [0.15, 0.2) is 18.2 Å². The van der Waals surface area contributed by atoms with Gasteiger partial charge in [-0.25, -0.2) is 0 Å². The smallest absolute Gasteiger partial charge is 0.282 e. The number of nitro groups is 1. The van der Waals surface area contributed by atoms with Gasteiger partial charge in [0.05, 0.1) is 10.5 Å². The number of nitro benzene ring substituents is 1. The quantitative estimate of drug-likeness (QED) is 0.609. The topological polar surface area (TPSA) is 115 Å². The van der Waals surface area contributed by atoms with Crippen LogP contribution in [-0.2, 0) is 0 Å². The Kier molecular flexibility index (Phi) is 3.98. The van der Waals surface area contributed by atoms with E-state index < -0.39 is 22.4 Å². The molecule has 0 saturated heterocycles. The third-order valence-electron chi connectivity index (χ3n) is 2.15. The number of nitrogens with one attached hydrogen (secondary N) is 1. The van der Waals surface area contributed by atoms with E-state index in [2.05, 4.69) is 5.32 Å². The first-order valence-corrected chi connectivity index (χ1v) is 5.22. The predicted molar refractivity (Wildman–Crippen MR) is 64.2 cm³/mol. The fourth-order valence-electron chi connectivity index (χ4n) is 1.48. The molecule has 7 heteroatoms. The Labute approximate surface area is 103 Å². The summed E-state index contributed by atoms with van der Waals surface area (Å²) in [6.45, 7) is 3.47. The Morgan fingerprint density at radius 1 is 1.39 bits per heavy atom. The molecule has 1 aromatic rings. The lowest BCUT2D eigenvalue weighted by atomic mass is 10.0. The molecule has 0 aliphatic rings. The molecule has 1 rings (SSSR count). The zero-order valence-electron chi connectivity index (χ0n) is 9.97. The van der Waals surface area contributed by atoms with Crippen molar-refractivity contribution in [1.82, 2.24) is 5.32 Å². The maximum Gasteiger partial charge on any atom is 0.282 e. The third-order valence-corrected chi connectivity index (χ3v) is 2.15. The van der Waals surface area contributed by atoms with Crippen LogP contribution in [0.1, 0.15) is 34.6 Å². The Bertz CT molecular complexity index is 511. The first-order valence-electron chi connectivity index (χ1n) is 5.22. The van der Waals surface area contributed by atoms with Crippen molar-refractivity contribution in [3.05, 3.63) is 39.4 Å². The number of carbonyl (C=O) groups is 2. The fourth-order valence-corrected chi connectivity index (χ4v) is 1.48. The summed E-state index contributed by atoms with van der Waals surface area (Å²) in [5, 5.41) is 13.3. The lowest BCUT2D eigenvalue weighted by molar-refractivity contribution is -0.385. The van der Waals surface area contributed by atoms with E-state index in [1.165, 1.54) is 12.1 Å². The van der Waals surface area contributed by atoms with Crippen LogP contribution in [-0.4, -0.2) is 22.8 Å². The Morgan fingerprint density at radius 2 is 2.00 bits per heavy atom. The van der Waals surface area contributed by atoms with Gasteiger partial charge in [0, 0.05) is 12.1 Å². The molecule has 0 spiro atoms. The average molecular weight is 251 g/mol. The summed E-state index contributed by atoms with van der Waals surface area (Å²) in [7, 11) is 0. The van der Waals surface area contributed by atoms with E-state index in [1.54, 1.807) is 13.8 Å². The minimum atomic E-state index is -1.00. The van der Waals surface area contributed by atoms with Crippen LogP contribution in [0.25, 0.3) is 0 Å². The van der Waals surface area contributed by atoms with Crippen molar-refractivity contribution in [2.45, 2.75) is 19.9 Å². The van der Waals surface area contributed by atoms with Gasteiger partial charge < -0.3 is 11.1 Å². The molecule has 0 atom stereocenters. The van der Waals surface area contributed by atoms with Crippen molar-refractivity contribution < 1.29 is 14.5 Å². The molecular formula is C11H13N3O4. The molecule has 0 bridgehead atoms. The van der Waals surface area contributed by atoms with Crippen molar-refractivity contribution in [3.63, 3.8) is 0 Å². The number of carbonyl (C=O) groups excluding carboxylic acids is 2. The SMILES string of the molecule is CC(C)NC(=O)c1cccc([N+](=O)[O-])c1C(N)=O. The van der Waals surface area contributed by atoms with Gasteiger partial charge in [0.25, 0.3) is 17.5 Å². The minimum absolute atomic E-state index is 0.0922. The number of primary amides is 1. The van der Waals surface area contributed by atoms with Crippen LogP contribution in [0.2, 0.25) is 0 Å². The number of hydrogen-bond donors (Lipinski definition) is 2. The van der Waals surface area contributed by atoms with Gasteiger partial charge in [-0.2, -0.15) is 0 Å². The zero-order valence-corrected chi connectivity index (χ0v) is 9.97. The summed E-state index contributed by atoms with van der Waals surface area (Å²) in [4.78, 5) is 33.1. The van der Waals surface area contributed by atoms with Crippen molar-refractivity contribution in [3.8, 4) is 0 Å². The summed E-state index contributed by atoms with van der Waals surface area (Å²) in [6, 6.07) is 3.63. The molecule has 96 valence electrons. The molecule has 0 aromatic heterocycles. The molecule has 1 aromatic carbocycles. The van der Waals surface area contributed by atoms with Gasteiger partial charge in [0.15, 0.2) is 0 Å².